The lowest BCUT2D eigenvalue weighted by atomic mass is 9.75. The molecule has 0 bridgehead atoms. The van der Waals surface area contributed by atoms with E-state index >= 15 is 0 Å². The van der Waals surface area contributed by atoms with Crippen molar-refractivity contribution in [1.29, 1.82) is 0 Å². The van der Waals surface area contributed by atoms with E-state index in [0.717, 1.165) is 12.1 Å². The Balaban J connectivity index is 2.53. The first-order valence-corrected chi connectivity index (χ1v) is 6.94. The van der Waals surface area contributed by atoms with Crippen molar-refractivity contribution in [1.82, 2.24) is 4.98 Å². The van der Waals surface area contributed by atoms with E-state index in [1.807, 2.05) is 0 Å². The van der Waals surface area contributed by atoms with Crippen LogP contribution < -0.4 is 0 Å². The van der Waals surface area contributed by atoms with Crippen LogP contribution in [0.15, 0.2) is 54.7 Å². The molecule has 1 heterocycles. The highest BCUT2D eigenvalue weighted by Gasteiger charge is 2.60. The quantitative estimate of drug-likeness (QED) is 0.459. The normalized spacial score (nSPS) is 14.0. The molecule has 1 aromatic carbocycles. The number of carbonyl (C=O) groups excluding carboxylic acids is 1. The molecule has 2 aromatic rings. The summed E-state index contributed by atoms with van der Waals surface area (Å²) in [6.45, 7) is -1.43. The van der Waals surface area contributed by atoms with Crippen molar-refractivity contribution in [3.63, 3.8) is 0 Å². The Labute approximate surface area is 135 Å². The van der Waals surface area contributed by atoms with Crippen LogP contribution >= 0.6 is 0 Å². The summed E-state index contributed by atoms with van der Waals surface area (Å²) in [6, 6.07) is 10.7. The molecule has 5 nitrogen and oxygen atoms in total. The Bertz CT molecular complexity index is 720. The van der Waals surface area contributed by atoms with Gasteiger partial charge in [0.25, 0.3) is 0 Å². The number of pyridine rings is 1. The van der Waals surface area contributed by atoms with Crippen molar-refractivity contribution >= 4 is 5.78 Å². The van der Waals surface area contributed by atoms with Gasteiger partial charge >= 0.3 is 6.18 Å². The molecule has 0 spiro atoms. The van der Waals surface area contributed by atoms with Gasteiger partial charge in [0, 0.05) is 17.5 Å². The first-order chi connectivity index (χ1) is 11.3. The summed E-state index contributed by atoms with van der Waals surface area (Å²) in [4.78, 5) is 25.9. The number of nitro groups is 1. The second kappa shape index (κ2) is 6.77. The van der Waals surface area contributed by atoms with Crippen LogP contribution in [0.3, 0.4) is 0 Å². The standard InChI is InChI=1S/C16H13F3N2O3/c17-16(18,19)15(11-21(23)24,12-6-2-1-3-7-12)10-14(22)13-8-4-5-9-20-13/h1-9H,10-11H2/t15-/m0/s1. The van der Waals surface area contributed by atoms with Crippen molar-refractivity contribution in [3.05, 3.63) is 76.1 Å². The molecule has 0 N–H and O–H groups in total. The Kier molecular flexibility index (Phi) is 4.96. The molecule has 0 amide bonds. The molecular formula is C16H13F3N2O3. The lowest BCUT2D eigenvalue weighted by Gasteiger charge is -2.32. The highest BCUT2D eigenvalue weighted by Crippen LogP contribution is 2.44. The van der Waals surface area contributed by atoms with Crippen molar-refractivity contribution < 1.29 is 22.9 Å². The fourth-order valence-electron chi connectivity index (χ4n) is 2.47. The lowest BCUT2D eigenvalue weighted by molar-refractivity contribution is -0.501. The number of hydrogen-bond acceptors (Lipinski definition) is 4. The summed E-state index contributed by atoms with van der Waals surface area (Å²) >= 11 is 0. The molecule has 0 aliphatic rings. The van der Waals surface area contributed by atoms with E-state index in [1.54, 1.807) is 0 Å². The zero-order valence-electron chi connectivity index (χ0n) is 12.4. The molecule has 126 valence electrons. The zero-order valence-corrected chi connectivity index (χ0v) is 12.4. The summed E-state index contributed by atoms with van der Waals surface area (Å²) in [7, 11) is 0. The smallest absolute Gasteiger partial charge is 0.292 e. The second-order valence-corrected chi connectivity index (χ2v) is 5.25. The van der Waals surface area contributed by atoms with Crippen LogP contribution in [0.1, 0.15) is 22.5 Å². The number of nitrogens with zero attached hydrogens (tertiary/aromatic N) is 2. The van der Waals surface area contributed by atoms with Gasteiger partial charge in [0.05, 0.1) is 0 Å². The highest BCUT2D eigenvalue weighted by atomic mass is 19.4. The van der Waals surface area contributed by atoms with Crippen LogP contribution in [-0.4, -0.2) is 28.4 Å². The minimum atomic E-state index is -4.98. The van der Waals surface area contributed by atoms with Crippen molar-refractivity contribution in [2.75, 3.05) is 6.54 Å². The van der Waals surface area contributed by atoms with E-state index < -0.39 is 35.3 Å². The SMILES string of the molecule is O=C(C[C@](C[N+](=O)[O-])(c1ccccc1)C(F)(F)F)c1ccccn1. The maximum atomic E-state index is 13.8. The average Bonchev–Trinajstić information content (AvgIpc) is 2.54. The molecule has 1 atom stereocenters. The van der Waals surface area contributed by atoms with Gasteiger partial charge in [-0.25, -0.2) is 0 Å². The van der Waals surface area contributed by atoms with Crippen LogP contribution in [0.5, 0.6) is 0 Å². The van der Waals surface area contributed by atoms with Crippen LogP contribution in [-0.2, 0) is 5.41 Å². The number of hydrogen-bond donors (Lipinski definition) is 0. The Hall–Kier alpha value is -2.77. The number of ketones is 1. The molecular weight excluding hydrogens is 325 g/mol. The number of alkyl halides is 3. The van der Waals surface area contributed by atoms with E-state index in [2.05, 4.69) is 4.98 Å². The topological polar surface area (TPSA) is 73.1 Å². The molecule has 1 aromatic heterocycles. The summed E-state index contributed by atoms with van der Waals surface area (Å²) in [5, 5.41) is 10.9. The van der Waals surface area contributed by atoms with Gasteiger partial charge in [0.15, 0.2) is 11.2 Å². The number of carbonyl (C=O) groups is 1. The van der Waals surface area contributed by atoms with Crippen LogP contribution in [0.4, 0.5) is 13.2 Å². The lowest BCUT2D eigenvalue weighted by Crippen LogP contribution is -2.49. The monoisotopic (exact) mass is 338 g/mol. The minimum Gasteiger partial charge on any atom is -0.292 e. The highest BCUT2D eigenvalue weighted by molar-refractivity contribution is 5.95. The first-order valence-electron chi connectivity index (χ1n) is 6.94. The predicted octanol–water partition coefficient (Wildman–Crippen LogP) is 3.43. The molecule has 8 heteroatoms. The van der Waals surface area contributed by atoms with Gasteiger partial charge < -0.3 is 0 Å². The Morgan fingerprint density at radius 2 is 1.71 bits per heavy atom. The van der Waals surface area contributed by atoms with Crippen LogP contribution in [0, 0.1) is 10.1 Å². The largest absolute Gasteiger partial charge is 0.405 e. The van der Waals surface area contributed by atoms with Crippen molar-refractivity contribution in [2.45, 2.75) is 18.0 Å². The molecule has 0 aliphatic carbocycles. The third kappa shape index (κ3) is 3.58. The number of benzene rings is 1. The summed E-state index contributed by atoms with van der Waals surface area (Å²) in [5.74, 6) is -0.904. The first kappa shape index (κ1) is 17.6. The minimum absolute atomic E-state index is 0.162. The van der Waals surface area contributed by atoms with Gasteiger partial charge in [0.2, 0.25) is 6.54 Å². The van der Waals surface area contributed by atoms with E-state index in [4.69, 9.17) is 0 Å². The average molecular weight is 338 g/mol. The molecule has 2 rings (SSSR count). The van der Waals surface area contributed by atoms with Gasteiger partial charge in [-0.1, -0.05) is 36.4 Å². The van der Waals surface area contributed by atoms with Crippen LogP contribution in [0.2, 0.25) is 0 Å². The molecule has 0 fully saturated rings. The third-order valence-corrected chi connectivity index (χ3v) is 3.68. The fraction of sp³-hybridized carbons (Fsp3) is 0.250. The predicted molar refractivity (Wildman–Crippen MR) is 79.2 cm³/mol. The fourth-order valence-corrected chi connectivity index (χ4v) is 2.47. The van der Waals surface area contributed by atoms with E-state index in [9.17, 15) is 28.1 Å². The molecule has 0 saturated heterocycles. The van der Waals surface area contributed by atoms with E-state index in [0.29, 0.717) is 0 Å². The van der Waals surface area contributed by atoms with E-state index in [1.165, 1.54) is 42.6 Å². The van der Waals surface area contributed by atoms with E-state index in [-0.39, 0.29) is 11.3 Å². The van der Waals surface area contributed by atoms with Gasteiger partial charge in [-0.15, -0.1) is 0 Å². The maximum Gasteiger partial charge on any atom is 0.405 e. The van der Waals surface area contributed by atoms with Crippen molar-refractivity contribution in [2.24, 2.45) is 0 Å². The summed E-state index contributed by atoms with van der Waals surface area (Å²) in [5.41, 5.74) is -3.39. The number of Topliss-reactive ketones (excluding diaryl/α,β-unsaturated/α-hetero) is 1. The number of rotatable bonds is 6. The summed E-state index contributed by atoms with van der Waals surface area (Å²) in [6.07, 6.45) is -4.79. The molecule has 0 unspecified atom stereocenters. The van der Waals surface area contributed by atoms with Crippen LogP contribution in [0.25, 0.3) is 0 Å². The number of aromatic nitrogens is 1. The summed E-state index contributed by atoms with van der Waals surface area (Å²) < 4.78 is 41.5. The third-order valence-electron chi connectivity index (χ3n) is 3.68. The maximum absolute atomic E-state index is 13.8. The Morgan fingerprint density at radius 3 is 2.21 bits per heavy atom. The number of halogens is 3. The molecule has 24 heavy (non-hydrogen) atoms. The zero-order chi connectivity index (χ0) is 17.8. The van der Waals surface area contributed by atoms with Gasteiger partial charge in [-0.05, 0) is 17.7 Å². The second-order valence-electron chi connectivity index (χ2n) is 5.25. The Morgan fingerprint density at radius 1 is 1.08 bits per heavy atom. The van der Waals surface area contributed by atoms with Gasteiger partial charge in [0.1, 0.15) is 5.69 Å². The van der Waals surface area contributed by atoms with Gasteiger partial charge in [-0.2, -0.15) is 13.2 Å². The van der Waals surface area contributed by atoms with Crippen molar-refractivity contribution in [3.8, 4) is 0 Å². The van der Waals surface area contributed by atoms with Gasteiger partial charge in [-0.3, -0.25) is 19.9 Å². The molecule has 0 saturated carbocycles. The molecule has 0 radical (unpaired) electrons. The molecule has 0 aliphatic heterocycles.